The van der Waals surface area contributed by atoms with Gasteiger partial charge in [-0.05, 0) is 37.8 Å². The van der Waals surface area contributed by atoms with E-state index in [-0.39, 0.29) is 21.8 Å². The first-order valence-electron chi connectivity index (χ1n) is 4.70. The second kappa shape index (κ2) is 5.85. The van der Waals surface area contributed by atoms with Crippen molar-refractivity contribution in [2.75, 3.05) is 4.83 Å². The summed E-state index contributed by atoms with van der Waals surface area (Å²) in [5.74, 6) is 0. The molecule has 0 fully saturated rings. The summed E-state index contributed by atoms with van der Waals surface area (Å²) in [6.07, 6.45) is -0.302. The largest absolute Gasteiger partial charge is 0.328 e. The molecule has 0 spiro atoms. The smallest absolute Gasteiger partial charge is 0.309 e. The molecule has 96 valence electrons. The van der Waals surface area contributed by atoms with Crippen molar-refractivity contribution in [1.82, 2.24) is 0 Å². The van der Waals surface area contributed by atoms with Gasteiger partial charge >= 0.3 is 6.64 Å². The Morgan fingerprint density at radius 2 is 1.76 bits per heavy atom. The molecule has 4 nitrogen and oxygen atoms in total. The second-order valence-electron chi connectivity index (χ2n) is 3.51. The van der Waals surface area contributed by atoms with E-state index in [1.165, 1.54) is 0 Å². The molecule has 2 N–H and O–H groups in total. The molecule has 8 heteroatoms. The van der Waals surface area contributed by atoms with Gasteiger partial charge in [0, 0.05) is 0 Å². The average molecular weight is 316 g/mol. The lowest BCUT2D eigenvalue weighted by molar-refractivity contribution is 0.0839. The molecule has 0 unspecified atom stereocenters. The maximum atomic E-state index is 9.59. The quantitative estimate of drug-likeness (QED) is 0.659. The van der Waals surface area contributed by atoms with Crippen LogP contribution < -0.4 is 4.83 Å². The van der Waals surface area contributed by atoms with Gasteiger partial charge in [-0.1, -0.05) is 29.3 Å². The van der Waals surface area contributed by atoms with Crippen LogP contribution in [0, 0.1) is 0 Å². The first-order chi connectivity index (χ1) is 7.73. The summed E-state index contributed by atoms with van der Waals surface area (Å²) < 4.78 is 0. The number of hydrogen-bond acceptors (Lipinski definition) is 2. The van der Waals surface area contributed by atoms with Gasteiger partial charge in [0.1, 0.15) is 5.69 Å². The molecule has 17 heavy (non-hydrogen) atoms. The molecule has 1 aromatic rings. The van der Waals surface area contributed by atoms with Crippen molar-refractivity contribution in [1.29, 1.82) is 0 Å². The van der Waals surface area contributed by atoms with E-state index in [1.54, 1.807) is 32.0 Å². The summed E-state index contributed by atoms with van der Waals surface area (Å²) in [5.41, 5.74) is 0.165. The third-order valence-corrected chi connectivity index (χ3v) is 3.50. The summed E-state index contributed by atoms with van der Waals surface area (Å²) in [5, 5.41) is 0.464. The number of halogens is 2. The number of hydrogen-bond donors (Lipinski definition) is 2. The highest BCUT2D eigenvalue weighted by atomic mass is 35.5. The Kier molecular flexibility index (Phi) is 5.22. The highest BCUT2D eigenvalue weighted by molar-refractivity contribution is 8.09. The Hall–Kier alpha value is 0.130. The van der Waals surface area contributed by atoms with E-state index in [0.29, 0.717) is 0 Å². The zero-order chi connectivity index (χ0) is 13.2. The van der Waals surface area contributed by atoms with Gasteiger partial charge in [0.25, 0.3) is 0 Å². The van der Waals surface area contributed by atoms with Gasteiger partial charge in [-0.3, -0.25) is 4.84 Å². The van der Waals surface area contributed by atoms with Crippen LogP contribution >= 0.6 is 29.8 Å². The molecule has 0 aliphatic heterocycles. The van der Waals surface area contributed by atoms with E-state index in [4.69, 9.17) is 28.0 Å². The normalized spacial score (nSPS) is 11.9. The monoisotopic (exact) mass is 315 g/mol. The summed E-state index contributed by atoms with van der Waals surface area (Å²) in [4.78, 5) is 25.3. The summed E-state index contributed by atoms with van der Waals surface area (Å²) in [7, 11) is 0. The van der Waals surface area contributed by atoms with E-state index < -0.39 is 6.64 Å². The minimum atomic E-state index is -3.83. The van der Waals surface area contributed by atoms with Gasteiger partial charge < -0.3 is 9.79 Å². The molecule has 1 aromatic carbocycles. The van der Waals surface area contributed by atoms with Gasteiger partial charge in [0.15, 0.2) is 0 Å². The van der Waals surface area contributed by atoms with Crippen LogP contribution in [0.2, 0.25) is 10.0 Å². The first kappa shape index (κ1) is 15.2. The maximum Gasteiger partial charge on any atom is 0.309 e. The number of anilines is 1. The fourth-order valence-corrected chi connectivity index (χ4v) is 2.93. The maximum absolute atomic E-state index is 9.59. The van der Waals surface area contributed by atoms with Crippen LogP contribution in [0.4, 0.5) is 5.69 Å². The van der Waals surface area contributed by atoms with E-state index in [9.17, 15) is 9.79 Å². The van der Waals surface area contributed by atoms with Crippen molar-refractivity contribution in [3.05, 3.63) is 28.2 Å². The molecule has 0 bridgehead atoms. The molecule has 1 rings (SSSR count). The highest BCUT2D eigenvalue weighted by Gasteiger charge is 2.27. The second-order valence-corrected chi connectivity index (χ2v) is 7.18. The lowest BCUT2D eigenvalue weighted by atomic mass is 10.3. The van der Waals surface area contributed by atoms with E-state index in [0.717, 1.165) is 4.83 Å². The summed E-state index contributed by atoms with van der Waals surface area (Å²) in [6, 6.07) is 4.76. The van der Waals surface area contributed by atoms with Crippen molar-refractivity contribution < 1.29 is 14.6 Å². The Morgan fingerprint density at radius 3 is 2.12 bits per heavy atom. The first-order valence-corrected chi connectivity index (χ1v) is 8.12. The van der Waals surface area contributed by atoms with E-state index >= 15 is 0 Å². The molecule has 0 aromatic heterocycles. The molecule has 0 saturated heterocycles. The molecule has 0 saturated carbocycles. The molecule has 0 aliphatic rings. The molecule has 0 heterocycles. The predicted molar refractivity (Wildman–Crippen MR) is 73.9 cm³/mol. The predicted octanol–water partition coefficient (Wildman–Crippen LogP) is 3.35. The van der Waals surface area contributed by atoms with E-state index in [2.05, 4.69) is 11.8 Å². The Morgan fingerprint density at radius 1 is 1.29 bits per heavy atom. The number of benzene rings is 1. The van der Waals surface area contributed by atoms with Crippen molar-refractivity contribution in [3.8, 4) is 0 Å². The van der Waals surface area contributed by atoms with Gasteiger partial charge in [0.05, 0.1) is 16.1 Å². The van der Waals surface area contributed by atoms with Gasteiger partial charge in [-0.15, -0.1) is 0 Å². The van der Waals surface area contributed by atoms with Crippen LogP contribution in [0.1, 0.15) is 13.8 Å². The van der Waals surface area contributed by atoms with Crippen LogP contribution in [-0.2, 0) is 16.6 Å². The minimum Gasteiger partial charge on any atom is -0.328 e. The molecule has 0 atom stereocenters. The third kappa shape index (κ3) is 4.07. The topological polar surface area (TPSA) is 52.9 Å². The fraction of sp³-hybridized carbons (Fsp3) is 0.333. The van der Waals surface area contributed by atoms with Gasteiger partial charge in [-0.25, -0.2) is 0 Å². The van der Waals surface area contributed by atoms with Crippen molar-refractivity contribution in [2.24, 2.45) is 0 Å². The van der Waals surface area contributed by atoms with Crippen LogP contribution in [0.15, 0.2) is 18.2 Å². The van der Waals surface area contributed by atoms with Crippen molar-refractivity contribution >= 4 is 47.3 Å². The lowest BCUT2D eigenvalue weighted by Gasteiger charge is -2.29. The summed E-state index contributed by atoms with van der Waals surface area (Å²) in [6.45, 7) is -0.380. The number of para-hydroxylation sites is 1. The molecular formula is C9H12Cl2NO3PS. The molecule has 0 amide bonds. The molecule has 0 aliphatic carbocycles. The average Bonchev–Trinajstić information content (AvgIpc) is 2.13. The number of rotatable bonds is 4. The fourth-order valence-electron chi connectivity index (χ4n) is 1.12. The van der Waals surface area contributed by atoms with Crippen molar-refractivity contribution in [3.63, 3.8) is 0 Å². The van der Waals surface area contributed by atoms with Gasteiger partial charge in [-0.2, -0.15) is 4.83 Å². The standard InChI is InChI=1S/C9H12Cl2NO3PS/c1-6(2)15-12(16(13,14)17)9-7(10)4-3-5-8(9)11/h3-6H,1-2H3,(H2,13,14,17). The summed E-state index contributed by atoms with van der Waals surface area (Å²) >= 11 is 16.5. The Labute approximate surface area is 115 Å². The van der Waals surface area contributed by atoms with Crippen LogP contribution in [0.5, 0.6) is 0 Å². The third-order valence-electron chi connectivity index (χ3n) is 1.68. The van der Waals surface area contributed by atoms with Crippen molar-refractivity contribution in [2.45, 2.75) is 20.0 Å². The van der Waals surface area contributed by atoms with Crippen LogP contribution in [0.25, 0.3) is 0 Å². The molecule has 0 radical (unpaired) electrons. The zero-order valence-electron chi connectivity index (χ0n) is 9.17. The Balaban J connectivity index is 3.27. The minimum absolute atomic E-state index is 0.165. The number of nitrogens with zero attached hydrogens (tertiary/aromatic N) is 1. The van der Waals surface area contributed by atoms with E-state index in [1.807, 2.05) is 0 Å². The zero-order valence-corrected chi connectivity index (χ0v) is 12.4. The van der Waals surface area contributed by atoms with Crippen LogP contribution in [0.3, 0.4) is 0 Å². The van der Waals surface area contributed by atoms with Crippen LogP contribution in [-0.4, -0.2) is 15.9 Å². The lowest BCUT2D eigenvalue weighted by Crippen LogP contribution is -2.24. The van der Waals surface area contributed by atoms with Gasteiger partial charge in [0.2, 0.25) is 0 Å². The Bertz CT molecular complexity index is 432. The SMILES string of the molecule is CC(C)ON(c1c(Cl)cccc1Cl)P(O)(O)=S. The highest BCUT2D eigenvalue weighted by Crippen LogP contribution is 2.49. The molecular weight excluding hydrogens is 304 g/mol.